The van der Waals surface area contributed by atoms with E-state index in [-0.39, 0.29) is 11.3 Å². The summed E-state index contributed by atoms with van der Waals surface area (Å²) in [6.45, 7) is 0. The number of benzene rings is 1. The minimum atomic E-state index is -0.528. The van der Waals surface area contributed by atoms with Gasteiger partial charge >= 0.3 is 0 Å². The Kier molecular flexibility index (Phi) is 3.16. The molecule has 0 saturated carbocycles. The van der Waals surface area contributed by atoms with E-state index in [4.69, 9.17) is 0 Å². The minimum absolute atomic E-state index is 0.0482. The molecule has 0 atom stereocenters. The fraction of sp³-hybridized carbons (Fsp3) is 0. The number of carbonyl (C=O) groups is 1. The van der Waals surface area contributed by atoms with Crippen molar-refractivity contribution < 1.29 is 9.18 Å². The lowest BCUT2D eigenvalue weighted by Crippen LogP contribution is -2.04. The molecule has 0 amide bonds. The highest BCUT2D eigenvalue weighted by Crippen LogP contribution is 2.23. The number of pyridine rings is 1. The van der Waals surface area contributed by atoms with Gasteiger partial charge in [0.2, 0.25) is 0 Å². The second-order valence-electron chi connectivity index (χ2n) is 3.98. The van der Waals surface area contributed by atoms with E-state index >= 15 is 0 Å². The Morgan fingerprint density at radius 1 is 1.26 bits per heavy atom. The zero-order valence-electron chi connectivity index (χ0n) is 9.56. The van der Waals surface area contributed by atoms with Crippen molar-refractivity contribution in [1.82, 2.24) is 4.98 Å². The molecule has 0 unspecified atom stereocenters. The van der Waals surface area contributed by atoms with Gasteiger partial charge in [-0.1, -0.05) is 15.9 Å². The van der Waals surface area contributed by atoms with Gasteiger partial charge in [-0.05, 0) is 35.7 Å². The number of rotatable bonds is 2. The molecule has 3 rings (SSSR count). The number of hydrogen-bond acceptors (Lipinski definition) is 3. The van der Waals surface area contributed by atoms with Crippen molar-refractivity contribution in [3.63, 3.8) is 0 Å². The molecule has 2 aromatic heterocycles. The molecule has 5 heteroatoms. The van der Waals surface area contributed by atoms with Crippen LogP contribution in [0.5, 0.6) is 0 Å². The monoisotopic (exact) mass is 335 g/mol. The molecule has 0 aliphatic rings. The van der Waals surface area contributed by atoms with Gasteiger partial charge in [0.15, 0.2) is 5.78 Å². The highest BCUT2D eigenvalue weighted by Gasteiger charge is 2.15. The molecule has 0 bridgehead atoms. The van der Waals surface area contributed by atoms with Crippen molar-refractivity contribution in [2.75, 3.05) is 0 Å². The Labute approximate surface area is 121 Å². The number of aromatic nitrogens is 1. The Balaban J connectivity index is 2.09. The average molecular weight is 336 g/mol. The molecule has 0 fully saturated rings. The normalized spacial score (nSPS) is 10.8. The summed E-state index contributed by atoms with van der Waals surface area (Å²) in [6.07, 6.45) is 1.48. The Morgan fingerprint density at radius 3 is 2.95 bits per heavy atom. The SMILES string of the molecule is O=C(c1cnc2ccsc2c1)c1cc(Br)ccc1F. The summed E-state index contributed by atoms with van der Waals surface area (Å²) < 4.78 is 15.3. The van der Waals surface area contributed by atoms with Crippen LogP contribution in [0.4, 0.5) is 4.39 Å². The van der Waals surface area contributed by atoms with E-state index in [1.165, 1.54) is 29.7 Å². The number of nitrogens with zero attached hydrogens (tertiary/aromatic N) is 1. The first-order valence-corrected chi connectivity index (χ1v) is 7.15. The predicted molar refractivity (Wildman–Crippen MR) is 77.2 cm³/mol. The van der Waals surface area contributed by atoms with Gasteiger partial charge in [0, 0.05) is 16.2 Å². The first-order valence-electron chi connectivity index (χ1n) is 5.48. The van der Waals surface area contributed by atoms with E-state index in [0.29, 0.717) is 10.0 Å². The standard InChI is InChI=1S/C14H7BrFNOS/c15-9-1-2-11(16)10(6-9)14(18)8-5-13-12(17-7-8)3-4-19-13/h1-7H. The van der Waals surface area contributed by atoms with E-state index in [0.717, 1.165) is 10.2 Å². The molecule has 94 valence electrons. The second-order valence-corrected chi connectivity index (χ2v) is 5.84. The van der Waals surface area contributed by atoms with Gasteiger partial charge < -0.3 is 0 Å². The van der Waals surface area contributed by atoms with Crippen LogP contribution in [0.3, 0.4) is 0 Å². The van der Waals surface area contributed by atoms with Crippen LogP contribution in [-0.4, -0.2) is 10.8 Å². The Bertz CT molecular complexity index is 784. The molecule has 1 aromatic carbocycles. The van der Waals surface area contributed by atoms with Crippen LogP contribution in [0.15, 0.2) is 46.4 Å². The maximum absolute atomic E-state index is 13.7. The fourth-order valence-corrected chi connectivity index (χ4v) is 2.94. The highest BCUT2D eigenvalue weighted by atomic mass is 79.9. The maximum atomic E-state index is 13.7. The van der Waals surface area contributed by atoms with Gasteiger partial charge in [0.05, 0.1) is 15.8 Å². The lowest BCUT2D eigenvalue weighted by atomic mass is 10.0. The quantitative estimate of drug-likeness (QED) is 0.648. The van der Waals surface area contributed by atoms with E-state index in [2.05, 4.69) is 20.9 Å². The topological polar surface area (TPSA) is 30.0 Å². The maximum Gasteiger partial charge on any atom is 0.197 e. The molecule has 0 saturated heterocycles. The zero-order valence-corrected chi connectivity index (χ0v) is 12.0. The molecule has 3 aromatic rings. The first-order chi connectivity index (χ1) is 9.15. The molecule has 0 aliphatic heterocycles. The summed E-state index contributed by atoms with van der Waals surface area (Å²) in [5.41, 5.74) is 1.29. The third kappa shape index (κ3) is 2.31. The van der Waals surface area contributed by atoms with Crippen LogP contribution < -0.4 is 0 Å². The molecule has 0 N–H and O–H groups in total. The van der Waals surface area contributed by atoms with Crippen LogP contribution in [0.25, 0.3) is 10.2 Å². The number of fused-ring (bicyclic) bond motifs is 1. The number of carbonyl (C=O) groups excluding carboxylic acids is 1. The van der Waals surface area contributed by atoms with E-state index in [1.54, 1.807) is 12.1 Å². The number of ketones is 1. The van der Waals surface area contributed by atoms with E-state index < -0.39 is 5.82 Å². The van der Waals surface area contributed by atoms with Gasteiger partial charge in [0.1, 0.15) is 5.82 Å². The fourth-order valence-electron chi connectivity index (χ4n) is 1.80. The van der Waals surface area contributed by atoms with Crippen LogP contribution in [0, 0.1) is 5.82 Å². The molecule has 0 radical (unpaired) electrons. The predicted octanol–water partition coefficient (Wildman–Crippen LogP) is 4.43. The Hall–Kier alpha value is -1.59. The van der Waals surface area contributed by atoms with Crippen molar-refractivity contribution in [3.8, 4) is 0 Å². The summed E-state index contributed by atoms with van der Waals surface area (Å²) in [5, 5.41) is 1.91. The van der Waals surface area contributed by atoms with Gasteiger partial charge in [-0.15, -0.1) is 11.3 Å². The van der Waals surface area contributed by atoms with Crippen molar-refractivity contribution in [3.05, 3.63) is 63.3 Å². The van der Waals surface area contributed by atoms with E-state index in [1.807, 2.05) is 11.4 Å². The number of thiophene rings is 1. The lowest BCUT2D eigenvalue weighted by Gasteiger charge is -2.03. The van der Waals surface area contributed by atoms with Gasteiger partial charge in [-0.3, -0.25) is 9.78 Å². The molecule has 2 nitrogen and oxygen atoms in total. The Morgan fingerprint density at radius 2 is 2.11 bits per heavy atom. The third-order valence-electron chi connectivity index (χ3n) is 2.74. The van der Waals surface area contributed by atoms with Crippen molar-refractivity contribution >= 4 is 43.3 Å². The van der Waals surface area contributed by atoms with Crippen LogP contribution >= 0.6 is 27.3 Å². The number of hydrogen-bond donors (Lipinski definition) is 0. The summed E-state index contributed by atoms with van der Waals surface area (Å²) in [4.78, 5) is 16.5. The summed E-state index contributed by atoms with van der Waals surface area (Å²) in [5.74, 6) is -0.888. The first kappa shape index (κ1) is 12.4. The highest BCUT2D eigenvalue weighted by molar-refractivity contribution is 9.10. The number of halogens is 2. The molecular weight excluding hydrogens is 329 g/mol. The molecule has 0 aliphatic carbocycles. The summed E-state index contributed by atoms with van der Waals surface area (Å²) in [7, 11) is 0. The van der Waals surface area contributed by atoms with Gasteiger partial charge in [0.25, 0.3) is 0 Å². The van der Waals surface area contributed by atoms with Crippen molar-refractivity contribution in [2.24, 2.45) is 0 Å². The minimum Gasteiger partial charge on any atom is -0.288 e. The average Bonchev–Trinajstić information content (AvgIpc) is 2.88. The van der Waals surface area contributed by atoms with E-state index in [9.17, 15) is 9.18 Å². The lowest BCUT2D eigenvalue weighted by molar-refractivity contribution is 0.103. The van der Waals surface area contributed by atoms with Gasteiger partial charge in [-0.25, -0.2) is 4.39 Å². The van der Waals surface area contributed by atoms with Crippen LogP contribution in [-0.2, 0) is 0 Å². The molecule has 0 spiro atoms. The van der Waals surface area contributed by atoms with Crippen molar-refractivity contribution in [2.45, 2.75) is 0 Å². The summed E-state index contributed by atoms with van der Waals surface area (Å²) in [6, 6.07) is 7.95. The molecule has 19 heavy (non-hydrogen) atoms. The second kappa shape index (κ2) is 4.83. The largest absolute Gasteiger partial charge is 0.288 e. The van der Waals surface area contributed by atoms with Crippen molar-refractivity contribution in [1.29, 1.82) is 0 Å². The molecular formula is C14H7BrFNOS. The van der Waals surface area contributed by atoms with Gasteiger partial charge in [-0.2, -0.15) is 0 Å². The third-order valence-corrected chi connectivity index (χ3v) is 4.08. The molecule has 2 heterocycles. The van der Waals surface area contributed by atoms with Crippen LogP contribution in [0.2, 0.25) is 0 Å². The smallest absolute Gasteiger partial charge is 0.197 e. The zero-order chi connectivity index (χ0) is 13.4. The van der Waals surface area contributed by atoms with Crippen LogP contribution in [0.1, 0.15) is 15.9 Å². The summed E-state index contributed by atoms with van der Waals surface area (Å²) >= 11 is 4.74.